The second kappa shape index (κ2) is 4.48. The molecule has 1 atom stereocenters. The van der Waals surface area contributed by atoms with E-state index in [2.05, 4.69) is 0 Å². The second-order valence-electron chi connectivity index (χ2n) is 4.29. The van der Waals surface area contributed by atoms with Crippen molar-refractivity contribution in [3.63, 3.8) is 0 Å². The fourth-order valence-corrected chi connectivity index (χ4v) is 1.91. The Morgan fingerprint density at radius 3 is 2.72 bits per heavy atom. The molecule has 1 heterocycles. The first-order valence-corrected chi connectivity index (χ1v) is 5.50. The van der Waals surface area contributed by atoms with Gasteiger partial charge in [-0.05, 0) is 11.6 Å². The van der Waals surface area contributed by atoms with E-state index < -0.39 is 11.8 Å². The second-order valence-corrected chi connectivity index (χ2v) is 4.29. The number of carbonyl (C=O) groups is 2. The molecule has 1 aliphatic rings. The number of hydrogen-bond donors (Lipinski definition) is 3. The van der Waals surface area contributed by atoms with E-state index in [1.807, 2.05) is 6.07 Å². The fraction of sp³-hybridized carbons (Fsp3) is 0.250. The van der Waals surface area contributed by atoms with Crippen molar-refractivity contribution >= 4 is 17.6 Å². The minimum atomic E-state index is -0.680. The molecule has 1 aromatic carbocycles. The van der Waals surface area contributed by atoms with Gasteiger partial charge in [-0.2, -0.15) is 0 Å². The van der Waals surface area contributed by atoms with Crippen molar-refractivity contribution in [3.05, 3.63) is 35.4 Å². The molecular weight excluding hydrogens is 232 g/mol. The SMILES string of the molecule is N=C(N)c1cccc(CN2C[C@@H](C(N)=O)C2=O)c1. The molecule has 94 valence electrons. The molecule has 0 saturated carbocycles. The van der Waals surface area contributed by atoms with Crippen LogP contribution in [0.5, 0.6) is 0 Å². The van der Waals surface area contributed by atoms with Gasteiger partial charge < -0.3 is 16.4 Å². The van der Waals surface area contributed by atoms with Crippen LogP contribution < -0.4 is 11.5 Å². The number of benzene rings is 1. The number of hydrogen-bond acceptors (Lipinski definition) is 3. The van der Waals surface area contributed by atoms with Crippen LogP contribution in [0.4, 0.5) is 0 Å². The Balaban J connectivity index is 2.04. The summed E-state index contributed by atoms with van der Waals surface area (Å²) in [6, 6.07) is 7.11. The number of primary amides is 1. The topological polar surface area (TPSA) is 113 Å². The maximum atomic E-state index is 11.6. The zero-order valence-electron chi connectivity index (χ0n) is 9.72. The Labute approximate surface area is 104 Å². The Hall–Kier alpha value is -2.37. The third kappa shape index (κ3) is 2.17. The molecule has 5 N–H and O–H groups in total. The maximum Gasteiger partial charge on any atom is 0.237 e. The third-order valence-corrected chi connectivity index (χ3v) is 2.97. The molecule has 1 fully saturated rings. The highest BCUT2D eigenvalue weighted by Crippen LogP contribution is 2.20. The van der Waals surface area contributed by atoms with E-state index in [9.17, 15) is 9.59 Å². The molecule has 2 amide bonds. The van der Waals surface area contributed by atoms with Gasteiger partial charge in [0.25, 0.3) is 0 Å². The highest BCUT2D eigenvalue weighted by atomic mass is 16.2. The van der Waals surface area contributed by atoms with Crippen LogP contribution in [0.25, 0.3) is 0 Å². The van der Waals surface area contributed by atoms with Crippen LogP contribution in [0.15, 0.2) is 24.3 Å². The molecule has 18 heavy (non-hydrogen) atoms. The van der Waals surface area contributed by atoms with Gasteiger partial charge in [0.2, 0.25) is 11.8 Å². The van der Waals surface area contributed by atoms with Crippen molar-refractivity contribution in [2.75, 3.05) is 6.54 Å². The first-order valence-electron chi connectivity index (χ1n) is 5.50. The number of amides is 2. The summed E-state index contributed by atoms with van der Waals surface area (Å²) >= 11 is 0. The quantitative estimate of drug-likeness (QED) is 0.285. The molecular formula is C12H14N4O2. The zero-order chi connectivity index (χ0) is 13.3. The Bertz CT molecular complexity index is 527. The number of nitrogens with zero attached hydrogens (tertiary/aromatic N) is 1. The van der Waals surface area contributed by atoms with Crippen molar-refractivity contribution < 1.29 is 9.59 Å². The molecule has 6 heteroatoms. The van der Waals surface area contributed by atoms with Gasteiger partial charge >= 0.3 is 0 Å². The number of likely N-dealkylation sites (tertiary alicyclic amines) is 1. The zero-order valence-corrected chi connectivity index (χ0v) is 9.72. The van der Waals surface area contributed by atoms with Gasteiger partial charge in [0.1, 0.15) is 11.8 Å². The van der Waals surface area contributed by atoms with Crippen molar-refractivity contribution in [1.29, 1.82) is 5.41 Å². The lowest BCUT2D eigenvalue weighted by Gasteiger charge is -2.36. The number of amidine groups is 1. The average molecular weight is 246 g/mol. The van der Waals surface area contributed by atoms with Crippen molar-refractivity contribution in [3.8, 4) is 0 Å². The number of carbonyl (C=O) groups excluding carboxylic acids is 2. The summed E-state index contributed by atoms with van der Waals surface area (Å²) in [4.78, 5) is 24.0. The van der Waals surface area contributed by atoms with E-state index in [-0.39, 0.29) is 11.7 Å². The van der Waals surface area contributed by atoms with E-state index in [1.54, 1.807) is 23.1 Å². The van der Waals surface area contributed by atoms with Crippen LogP contribution in [0.2, 0.25) is 0 Å². The summed E-state index contributed by atoms with van der Waals surface area (Å²) in [6.07, 6.45) is 0. The van der Waals surface area contributed by atoms with Gasteiger partial charge in [-0.1, -0.05) is 18.2 Å². The van der Waals surface area contributed by atoms with E-state index in [1.165, 1.54) is 0 Å². The Kier molecular flexibility index (Phi) is 3.01. The number of β-lactam (4-membered cyclic amide) rings is 1. The minimum Gasteiger partial charge on any atom is -0.384 e. The van der Waals surface area contributed by atoms with Crippen LogP contribution in [0.1, 0.15) is 11.1 Å². The van der Waals surface area contributed by atoms with Crippen LogP contribution in [0, 0.1) is 11.3 Å². The standard InChI is InChI=1S/C12H14N4O2/c13-10(14)8-3-1-2-7(4-8)5-16-6-9(11(15)17)12(16)18/h1-4,9H,5-6H2,(H3,13,14)(H2,15,17)/t9-/m0/s1. The smallest absolute Gasteiger partial charge is 0.237 e. The number of nitrogen functional groups attached to an aromatic ring is 1. The molecule has 0 aromatic heterocycles. The van der Waals surface area contributed by atoms with Crippen molar-refractivity contribution in [2.45, 2.75) is 6.54 Å². The average Bonchev–Trinajstić information content (AvgIpc) is 2.33. The van der Waals surface area contributed by atoms with Crippen LogP contribution in [-0.4, -0.2) is 29.1 Å². The summed E-state index contributed by atoms with van der Waals surface area (Å²) in [5.41, 5.74) is 12.0. The highest BCUT2D eigenvalue weighted by molar-refractivity contribution is 6.03. The van der Waals surface area contributed by atoms with Crippen LogP contribution in [-0.2, 0) is 16.1 Å². The van der Waals surface area contributed by atoms with Crippen molar-refractivity contribution in [1.82, 2.24) is 4.90 Å². The van der Waals surface area contributed by atoms with Crippen molar-refractivity contribution in [2.24, 2.45) is 17.4 Å². The summed E-state index contributed by atoms with van der Waals surface area (Å²) in [6.45, 7) is 0.766. The molecule has 0 unspecified atom stereocenters. The van der Waals surface area contributed by atoms with E-state index >= 15 is 0 Å². The summed E-state index contributed by atoms with van der Waals surface area (Å²) in [7, 11) is 0. The predicted octanol–water partition coefficient (Wildman–Crippen LogP) is -0.586. The van der Waals surface area contributed by atoms with Crippen LogP contribution in [0.3, 0.4) is 0 Å². The first-order chi connectivity index (χ1) is 8.49. The van der Waals surface area contributed by atoms with Gasteiger partial charge in [-0.15, -0.1) is 0 Å². The lowest BCUT2D eigenvalue weighted by Crippen LogP contribution is -2.56. The summed E-state index contributed by atoms with van der Waals surface area (Å²) < 4.78 is 0. The van der Waals surface area contributed by atoms with Gasteiger partial charge in [0.15, 0.2) is 0 Å². The summed E-state index contributed by atoms with van der Waals surface area (Å²) in [5.74, 6) is -1.51. The molecule has 0 aliphatic carbocycles. The van der Waals surface area contributed by atoms with Gasteiger partial charge in [0, 0.05) is 18.7 Å². The normalized spacial score (nSPS) is 18.3. The highest BCUT2D eigenvalue weighted by Gasteiger charge is 2.40. The molecule has 1 aliphatic heterocycles. The number of nitrogens with two attached hydrogens (primary N) is 2. The largest absolute Gasteiger partial charge is 0.384 e. The van der Waals surface area contributed by atoms with Gasteiger partial charge in [-0.3, -0.25) is 15.0 Å². The third-order valence-electron chi connectivity index (χ3n) is 2.97. The molecule has 1 aromatic rings. The lowest BCUT2D eigenvalue weighted by molar-refractivity contribution is -0.153. The van der Waals surface area contributed by atoms with E-state index in [0.29, 0.717) is 18.7 Å². The Morgan fingerprint density at radius 1 is 1.44 bits per heavy atom. The van der Waals surface area contributed by atoms with Gasteiger partial charge in [-0.25, -0.2) is 0 Å². The summed E-state index contributed by atoms with van der Waals surface area (Å²) in [5, 5.41) is 7.34. The number of rotatable bonds is 4. The monoisotopic (exact) mass is 246 g/mol. The molecule has 6 nitrogen and oxygen atoms in total. The van der Waals surface area contributed by atoms with Crippen LogP contribution >= 0.6 is 0 Å². The number of nitrogens with one attached hydrogen (secondary N) is 1. The van der Waals surface area contributed by atoms with E-state index in [4.69, 9.17) is 16.9 Å². The molecule has 1 saturated heterocycles. The predicted molar refractivity (Wildman–Crippen MR) is 65.6 cm³/mol. The van der Waals surface area contributed by atoms with Gasteiger partial charge in [0.05, 0.1) is 0 Å². The fourth-order valence-electron chi connectivity index (χ4n) is 1.91. The van der Waals surface area contributed by atoms with E-state index in [0.717, 1.165) is 5.56 Å². The molecule has 2 rings (SSSR count). The first kappa shape index (κ1) is 12.1. The molecule has 0 radical (unpaired) electrons. The lowest BCUT2D eigenvalue weighted by atomic mass is 9.97. The molecule has 0 bridgehead atoms. The Morgan fingerprint density at radius 2 is 2.17 bits per heavy atom. The minimum absolute atomic E-state index is 0.0122. The maximum absolute atomic E-state index is 11.6. The molecule has 0 spiro atoms.